The lowest BCUT2D eigenvalue weighted by Crippen LogP contribution is -2.40. The molecule has 1 aliphatic rings. The van der Waals surface area contributed by atoms with Gasteiger partial charge in [0.1, 0.15) is 0 Å². The van der Waals surface area contributed by atoms with Gasteiger partial charge in [0.15, 0.2) is 11.5 Å². The molecular formula is C15H23NO3. The molecule has 2 N–H and O–H groups in total. The summed E-state index contributed by atoms with van der Waals surface area (Å²) >= 11 is 0. The smallest absolute Gasteiger partial charge is 0.161 e. The number of hydrogen-bond donors (Lipinski definition) is 2. The number of hydrogen-bond acceptors (Lipinski definition) is 4. The van der Waals surface area contributed by atoms with E-state index < -0.39 is 0 Å². The first-order chi connectivity index (χ1) is 9.29. The Morgan fingerprint density at radius 3 is 2.53 bits per heavy atom. The Balaban J connectivity index is 1.88. The molecule has 1 saturated heterocycles. The Bertz CT molecular complexity index is 389. The molecule has 0 spiro atoms. The second-order valence-electron chi connectivity index (χ2n) is 5.16. The van der Waals surface area contributed by atoms with Crippen LogP contribution in [0.25, 0.3) is 0 Å². The summed E-state index contributed by atoms with van der Waals surface area (Å²) in [5.41, 5.74) is 0.0211. The van der Waals surface area contributed by atoms with E-state index in [0.717, 1.165) is 43.9 Å². The minimum atomic E-state index is 0.0211. The first-order valence-electron chi connectivity index (χ1n) is 6.87. The number of para-hydroxylation sites is 2. The third-order valence-electron chi connectivity index (χ3n) is 3.96. The molecule has 0 unspecified atom stereocenters. The Morgan fingerprint density at radius 2 is 1.89 bits per heavy atom. The lowest BCUT2D eigenvalue weighted by Gasteiger charge is -2.35. The highest BCUT2D eigenvalue weighted by Crippen LogP contribution is 2.33. The molecule has 4 nitrogen and oxygen atoms in total. The van der Waals surface area contributed by atoms with Crippen LogP contribution in [0.4, 0.5) is 0 Å². The summed E-state index contributed by atoms with van der Waals surface area (Å²) in [4.78, 5) is 0. The van der Waals surface area contributed by atoms with E-state index in [1.807, 2.05) is 24.3 Å². The molecule has 0 bridgehead atoms. The van der Waals surface area contributed by atoms with E-state index in [4.69, 9.17) is 9.47 Å². The topological polar surface area (TPSA) is 50.7 Å². The van der Waals surface area contributed by atoms with Gasteiger partial charge in [-0.15, -0.1) is 0 Å². The predicted octanol–water partition coefficient (Wildman–Crippen LogP) is 1.83. The van der Waals surface area contributed by atoms with E-state index in [9.17, 15) is 5.11 Å². The van der Waals surface area contributed by atoms with Gasteiger partial charge in [-0.1, -0.05) is 12.1 Å². The van der Waals surface area contributed by atoms with Gasteiger partial charge in [0.2, 0.25) is 0 Å². The van der Waals surface area contributed by atoms with Crippen molar-refractivity contribution in [1.82, 2.24) is 5.32 Å². The van der Waals surface area contributed by atoms with Crippen LogP contribution in [0.1, 0.15) is 19.3 Å². The molecule has 2 rings (SSSR count). The molecule has 1 aliphatic heterocycles. The molecule has 0 aliphatic carbocycles. The van der Waals surface area contributed by atoms with Gasteiger partial charge >= 0.3 is 0 Å². The summed E-state index contributed by atoms with van der Waals surface area (Å²) in [5, 5.41) is 13.0. The van der Waals surface area contributed by atoms with Crippen LogP contribution in [0.5, 0.6) is 11.5 Å². The molecule has 106 valence electrons. The van der Waals surface area contributed by atoms with Gasteiger partial charge in [-0.05, 0) is 49.9 Å². The zero-order chi connectivity index (χ0) is 13.6. The van der Waals surface area contributed by atoms with E-state index in [1.54, 1.807) is 7.11 Å². The number of piperidine rings is 1. The Kier molecular flexibility index (Phi) is 5.05. The van der Waals surface area contributed by atoms with E-state index in [1.165, 1.54) is 0 Å². The van der Waals surface area contributed by atoms with Crippen LogP contribution >= 0.6 is 0 Å². The third kappa shape index (κ3) is 3.61. The van der Waals surface area contributed by atoms with Gasteiger partial charge in [0, 0.05) is 6.61 Å². The first-order valence-corrected chi connectivity index (χ1v) is 6.87. The number of methoxy groups -OCH3 is 1. The lowest BCUT2D eigenvalue weighted by atomic mass is 9.77. The minimum Gasteiger partial charge on any atom is -0.493 e. The fourth-order valence-corrected chi connectivity index (χ4v) is 2.56. The molecule has 0 atom stereocenters. The maximum atomic E-state index is 9.63. The lowest BCUT2D eigenvalue weighted by molar-refractivity contribution is 0.0644. The fraction of sp³-hybridized carbons (Fsp3) is 0.600. The fourth-order valence-electron chi connectivity index (χ4n) is 2.56. The van der Waals surface area contributed by atoms with Crippen LogP contribution in [-0.4, -0.2) is 38.5 Å². The zero-order valence-corrected chi connectivity index (χ0v) is 11.5. The van der Waals surface area contributed by atoms with Crippen molar-refractivity contribution in [1.29, 1.82) is 0 Å². The summed E-state index contributed by atoms with van der Waals surface area (Å²) in [6.07, 6.45) is 2.90. The van der Waals surface area contributed by atoms with Crippen molar-refractivity contribution in [2.75, 3.05) is 33.4 Å². The van der Waals surface area contributed by atoms with Gasteiger partial charge in [-0.3, -0.25) is 0 Å². The summed E-state index contributed by atoms with van der Waals surface area (Å²) in [5.74, 6) is 1.53. The van der Waals surface area contributed by atoms with Gasteiger partial charge in [-0.25, -0.2) is 0 Å². The van der Waals surface area contributed by atoms with E-state index in [0.29, 0.717) is 6.61 Å². The Labute approximate surface area is 114 Å². The van der Waals surface area contributed by atoms with Crippen molar-refractivity contribution in [3.8, 4) is 11.5 Å². The second-order valence-corrected chi connectivity index (χ2v) is 5.16. The summed E-state index contributed by atoms with van der Waals surface area (Å²) < 4.78 is 11.1. The van der Waals surface area contributed by atoms with Crippen LogP contribution in [0, 0.1) is 5.41 Å². The Morgan fingerprint density at radius 1 is 1.21 bits per heavy atom. The molecule has 0 saturated carbocycles. The van der Waals surface area contributed by atoms with Gasteiger partial charge in [-0.2, -0.15) is 0 Å². The maximum absolute atomic E-state index is 9.63. The van der Waals surface area contributed by atoms with E-state index >= 15 is 0 Å². The second kappa shape index (κ2) is 6.78. The van der Waals surface area contributed by atoms with Gasteiger partial charge in [0.05, 0.1) is 13.7 Å². The quantitative estimate of drug-likeness (QED) is 0.824. The molecule has 0 radical (unpaired) electrons. The molecule has 1 heterocycles. The molecule has 19 heavy (non-hydrogen) atoms. The van der Waals surface area contributed by atoms with Crippen molar-refractivity contribution in [3.63, 3.8) is 0 Å². The largest absolute Gasteiger partial charge is 0.493 e. The predicted molar refractivity (Wildman–Crippen MR) is 74.7 cm³/mol. The third-order valence-corrected chi connectivity index (χ3v) is 3.96. The highest BCUT2D eigenvalue weighted by atomic mass is 16.5. The van der Waals surface area contributed by atoms with E-state index in [-0.39, 0.29) is 12.0 Å². The number of ether oxygens (including phenoxy) is 2. The molecule has 1 fully saturated rings. The normalized spacial score (nSPS) is 18.0. The molecule has 1 aromatic carbocycles. The minimum absolute atomic E-state index is 0.0211. The van der Waals surface area contributed by atoms with Crippen molar-refractivity contribution in [2.45, 2.75) is 19.3 Å². The summed E-state index contributed by atoms with van der Waals surface area (Å²) in [7, 11) is 1.64. The summed E-state index contributed by atoms with van der Waals surface area (Å²) in [6.45, 7) is 2.81. The van der Waals surface area contributed by atoms with Gasteiger partial charge in [0.25, 0.3) is 0 Å². The molecule has 0 amide bonds. The number of rotatable bonds is 6. The zero-order valence-electron chi connectivity index (χ0n) is 11.5. The number of nitrogens with one attached hydrogen (secondary N) is 1. The maximum Gasteiger partial charge on any atom is 0.161 e. The first kappa shape index (κ1) is 14.2. The monoisotopic (exact) mass is 265 g/mol. The number of benzene rings is 1. The van der Waals surface area contributed by atoms with Crippen LogP contribution in [0.15, 0.2) is 24.3 Å². The summed E-state index contributed by atoms with van der Waals surface area (Å²) in [6, 6.07) is 7.66. The van der Waals surface area contributed by atoms with Crippen LogP contribution in [-0.2, 0) is 0 Å². The van der Waals surface area contributed by atoms with Crippen molar-refractivity contribution >= 4 is 0 Å². The standard InChI is InChI=1S/C15H23NO3/c1-18-13-4-2-3-5-14(13)19-11-8-15(12-17)6-9-16-10-7-15/h2-5,16-17H,6-12H2,1H3. The molecule has 4 heteroatoms. The average Bonchev–Trinajstić information content (AvgIpc) is 2.49. The van der Waals surface area contributed by atoms with Crippen LogP contribution < -0.4 is 14.8 Å². The van der Waals surface area contributed by atoms with Gasteiger partial charge < -0.3 is 19.9 Å². The average molecular weight is 265 g/mol. The van der Waals surface area contributed by atoms with Crippen LogP contribution in [0.3, 0.4) is 0 Å². The van der Waals surface area contributed by atoms with Crippen molar-refractivity contribution in [3.05, 3.63) is 24.3 Å². The molecule has 0 aromatic heterocycles. The van der Waals surface area contributed by atoms with Crippen molar-refractivity contribution in [2.24, 2.45) is 5.41 Å². The van der Waals surface area contributed by atoms with Crippen LogP contribution in [0.2, 0.25) is 0 Å². The SMILES string of the molecule is COc1ccccc1OCCC1(CO)CCNCC1. The number of aliphatic hydroxyl groups is 1. The Hall–Kier alpha value is -1.26. The van der Waals surface area contributed by atoms with Crippen molar-refractivity contribution < 1.29 is 14.6 Å². The van der Waals surface area contributed by atoms with E-state index in [2.05, 4.69) is 5.32 Å². The molecular weight excluding hydrogens is 242 g/mol. The molecule has 1 aromatic rings. The highest BCUT2D eigenvalue weighted by molar-refractivity contribution is 5.39. The highest BCUT2D eigenvalue weighted by Gasteiger charge is 2.31. The number of aliphatic hydroxyl groups excluding tert-OH is 1.